The zero-order valence-corrected chi connectivity index (χ0v) is 16.9. The highest BCUT2D eigenvalue weighted by Crippen LogP contribution is 2.29. The predicted octanol–water partition coefficient (Wildman–Crippen LogP) is 2.34. The first-order chi connectivity index (χ1) is 14.0. The highest BCUT2D eigenvalue weighted by Gasteiger charge is 2.33. The smallest absolute Gasteiger partial charge is 0.256 e. The van der Waals surface area contributed by atoms with Crippen LogP contribution in [-0.4, -0.2) is 58.4 Å². The molecule has 2 aliphatic heterocycles. The number of hydrogen-bond donors (Lipinski definition) is 2. The van der Waals surface area contributed by atoms with Gasteiger partial charge in [-0.15, -0.1) is 11.8 Å². The van der Waals surface area contributed by atoms with Crippen molar-refractivity contribution in [2.24, 2.45) is 0 Å². The van der Waals surface area contributed by atoms with Gasteiger partial charge in [0.1, 0.15) is 23.0 Å². The third kappa shape index (κ3) is 4.23. The van der Waals surface area contributed by atoms with Crippen molar-refractivity contribution in [1.29, 1.82) is 0 Å². The molecule has 1 aromatic heterocycles. The molecule has 0 spiro atoms. The molecule has 1 fully saturated rings. The number of anilines is 1. The Morgan fingerprint density at radius 1 is 1.34 bits per heavy atom. The van der Waals surface area contributed by atoms with Crippen molar-refractivity contribution >= 4 is 29.3 Å². The Balaban J connectivity index is 1.41. The first-order valence-electron chi connectivity index (χ1n) is 9.61. The molecule has 4 rings (SSSR count). The standard InChI is InChI=1S/C21H23N3O4S/c1-29-20-15(3-2-9-22-20)21(27)24-10-8-18(17(25)12-24)28-14-6-4-13-5-7-19(26)23-16(13)11-14/h2-4,6,9,11,17-18,25H,5,7-8,10,12H2,1H3,(H,23,26)/t17-,18-/m1/s1. The lowest BCUT2D eigenvalue weighted by molar-refractivity contribution is -0.116. The highest BCUT2D eigenvalue weighted by molar-refractivity contribution is 7.98. The van der Waals surface area contributed by atoms with Crippen LogP contribution >= 0.6 is 11.8 Å². The fraction of sp³-hybridized carbons (Fsp3) is 0.381. The molecule has 8 heteroatoms. The minimum absolute atomic E-state index is 0.00141. The van der Waals surface area contributed by atoms with E-state index in [0.29, 0.717) is 35.7 Å². The monoisotopic (exact) mass is 413 g/mol. The minimum atomic E-state index is -0.798. The molecule has 3 heterocycles. The van der Waals surface area contributed by atoms with E-state index in [4.69, 9.17) is 4.74 Å². The van der Waals surface area contributed by atoms with Gasteiger partial charge in [-0.25, -0.2) is 4.98 Å². The van der Waals surface area contributed by atoms with Gasteiger partial charge in [0, 0.05) is 37.3 Å². The minimum Gasteiger partial charge on any atom is -0.488 e. The largest absolute Gasteiger partial charge is 0.488 e. The molecule has 1 aromatic carbocycles. The van der Waals surface area contributed by atoms with E-state index in [2.05, 4.69) is 10.3 Å². The van der Waals surface area contributed by atoms with E-state index < -0.39 is 12.2 Å². The molecular weight excluding hydrogens is 390 g/mol. The number of benzene rings is 1. The van der Waals surface area contributed by atoms with Gasteiger partial charge in [-0.05, 0) is 36.4 Å². The average molecular weight is 413 g/mol. The second-order valence-electron chi connectivity index (χ2n) is 7.19. The van der Waals surface area contributed by atoms with Crippen LogP contribution < -0.4 is 10.1 Å². The Bertz CT molecular complexity index is 936. The number of aliphatic hydroxyl groups excluding tert-OH is 1. The average Bonchev–Trinajstić information content (AvgIpc) is 2.74. The summed E-state index contributed by atoms with van der Waals surface area (Å²) in [6, 6.07) is 9.12. The summed E-state index contributed by atoms with van der Waals surface area (Å²) in [5.74, 6) is 0.477. The molecule has 2 N–H and O–H groups in total. The van der Waals surface area contributed by atoms with Crippen molar-refractivity contribution in [2.45, 2.75) is 36.5 Å². The molecule has 29 heavy (non-hydrogen) atoms. The molecule has 152 valence electrons. The fourth-order valence-corrected chi connectivity index (χ4v) is 4.26. The Hall–Kier alpha value is -2.58. The maximum atomic E-state index is 12.9. The van der Waals surface area contributed by atoms with Crippen molar-refractivity contribution in [2.75, 3.05) is 24.7 Å². The number of nitrogens with zero attached hydrogens (tertiary/aromatic N) is 2. The molecule has 0 unspecified atom stereocenters. The number of carbonyl (C=O) groups excluding carboxylic acids is 2. The van der Waals surface area contributed by atoms with Gasteiger partial charge >= 0.3 is 0 Å². The van der Waals surface area contributed by atoms with Gasteiger partial charge in [0.05, 0.1) is 12.1 Å². The fourth-order valence-electron chi connectivity index (χ4n) is 3.72. The van der Waals surface area contributed by atoms with E-state index in [0.717, 1.165) is 17.7 Å². The number of ether oxygens (including phenoxy) is 1. The number of rotatable bonds is 4. The van der Waals surface area contributed by atoms with Gasteiger partial charge in [0.15, 0.2) is 0 Å². The van der Waals surface area contributed by atoms with Crippen molar-refractivity contribution < 1.29 is 19.4 Å². The number of likely N-dealkylation sites (tertiary alicyclic amines) is 1. The van der Waals surface area contributed by atoms with Crippen LogP contribution in [0.3, 0.4) is 0 Å². The van der Waals surface area contributed by atoms with Crippen LogP contribution in [0.2, 0.25) is 0 Å². The van der Waals surface area contributed by atoms with E-state index >= 15 is 0 Å². The normalized spacial score (nSPS) is 21.3. The van der Waals surface area contributed by atoms with E-state index in [1.165, 1.54) is 11.8 Å². The van der Waals surface area contributed by atoms with Gasteiger partial charge in [0.2, 0.25) is 5.91 Å². The molecule has 2 atom stereocenters. The number of piperidine rings is 1. The number of aryl methyl sites for hydroxylation is 1. The number of nitrogens with one attached hydrogen (secondary N) is 1. The highest BCUT2D eigenvalue weighted by atomic mass is 32.2. The van der Waals surface area contributed by atoms with Crippen LogP contribution in [0.15, 0.2) is 41.6 Å². The van der Waals surface area contributed by atoms with Crippen molar-refractivity contribution in [1.82, 2.24) is 9.88 Å². The number of β-amino-alcohol motifs (C(OH)–C–C–N with tert-alkyl or cyclic N) is 1. The number of aromatic nitrogens is 1. The molecular formula is C21H23N3O4S. The summed E-state index contributed by atoms with van der Waals surface area (Å²) in [7, 11) is 0. The van der Waals surface area contributed by atoms with Crippen LogP contribution in [0.25, 0.3) is 0 Å². The maximum Gasteiger partial charge on any atom is 0.256 e. The summed E-state index contributed by atoms with van der Waals surface area (Å²) >= 11 is 1.43. The predicted molar refractivity (Wildman–Crippen MR) is 110 cm³/mol. The molecule has 1 saturated heterocycles. The Morgan fingerprint density at radius 3 is 3.00 bits per heavy atom. The second-order valence-corrected chi connectivity index (χ2v) is 7.99. The maximum absolute atomic E-state index is 12.9. The van der Waals surface area contributed by atoms with Crippen molar-refractivity contribution in [3.63, 3.8) is 0 Å². The number of aliphatic hydroxyl groups is 1. The number of hydrogen-bond acceptors (Lipinski definition) is 6. The van der Waals surface area contributed by atoms with Crippen LogP contribution in [-0.2, 0) is 11.2 Å². The number of carbonyl (C=O) groups is 2. The summed E-state index contributed by atoms with van der Waals surface area (Å²) in [4.78, 5) is 30.4. The lowest BCUT2D eigenvalue weighted by atomic mass is 10.0. The molecule has 2 aliphatic rings. The van der Waals surface area contributed by atoms with E-state index in [1.54, 1.807) is 29.3 Å². The zero-order chi connectivity index (χ0) is 20.4. The van der Waals surface area contributed by atoms with E-state index in [1.807, 2.05) is 18.4 Å². The van der Waals surface area contributed by atoms with E-state index in [-0.39, 0.29) is 18.4 Å². The lowest BCUT2D eigenvalue weighted by Gasteiger charge is -2.36. The SMILES string of the molecule is CSc1ncccc1C(=O)N1CC[C@@H](Oc2ccc3c(c2)NC(=O)CC3)[C@H](O)C1. The molecule has 2 aromatic rings. The van der Waals surface area contributed by atoms with Crippen LogP contribution in [0.4, 0.5) is 5.69 Å². The molecule has 0 bridgehead atoms. The van der Waals surface area contributed by atoms with Gasteiger partial charge in [0.25, 0.3) is 5.91 Å². The number of amides is 2. The van der Waals surface area contributed by atoms with Gasteiger partial charge < -0.3 is 20.1 Å². The van der Waals surface area contributed by atoms with E-state index in [9.17, 15) is 14.7 Å². The van der Waals surface area contributed by atoms with Gasteiger partial charge in [-0.3, -0.25) is 9.59 Å². The Morgan fingerprint density at radius 2 is 2.21 bits per heavy atom. The van der Waals surface area contributed by atoms with Gasteiger partial charge in [-0.2, -0.15) is 0 Å². The second kappa shape index (κ2) is 8.42. The quantitative estimate of drug-likeness (QED) is 0.748. The first-order valence-corrected chi connectivity index (χ1v) is 10.8. The number of fused-ring (bicyclic) bond motifs is 1. The molecule has 0 radical (unpaired) electrons. The number of thioether (sulfide) groups is 1. The summed E-state index contributed by atoms with van der Waals surface area (Å²) in [6.45, 7) is 0.693. The molecule has 2 amide bonds. The third-order valence-electron chi connectivity index (χ3n) is 5.27. The summed E-state index contributed by atoms with van der Waals surface area (Å²) in [5, 5.41) is 14.1. The van der Waals surface area contributed by atoms with Crippen molar-refractivity contribution in [3.8, 4) is 5.75 Å². The van der Waals surface area contributed by atoms with Crippen LogP contribution in [0.5, 0.6) is 5.75 Å². The van der Waals surface area contributed by atoms with Crippen LogP contribution in [0, 0.1) is 0 Å². The summed E-state index contributed by atoms with van der Waals surface area (Å²) in [6.07, 6.45) is 4.07. The number of pyridine rings is 1. The first kappa shape index (κ1) is 19.7. The molecule has 7 nitrogen and oxygen atoms in total. The van der Waals surface area contributed by atoms with Gasteiger partial charge in [-0.1, -0.05) is 6.07 Å². The third-order valence-corrected chi connectivity index (χ3v) is 5.98. The topological polar surface area (TPSA) is 91.8 Å². The molecule has 0 saturated carbocycles. The summed E-state index contributed by atoms with van der Waals surface area (Å²) in [5.41, 5.74) is 2.40. The summed E-state index contributed by atoms with van der Waals surface area (Å²) < 4.78 is 5.99. The lowest BCUT2D eigenvalue weighted by Crippen LogP contribution is -2.51. The van der Waals surface area contributed by atoms with Crippen LogP contribution in [0.1, 0.15) is 28.8 Å². The molecule has 0 aliphatic carbocycles. The van der Waals surface area contributed by atoms with Crippen molar-refractivity contribution in [3.05, 3.63) is 47.7 Å². The zero-order valence-electron chi connectivity index (χ0n) is 16.1. The Kier molecular flexibility index (Phi) is 5.73. The Labute approximate surface area is 173 Å².